The maximum absolute atomic E-state index is 5.32. The number of ether oxygens (including phenoxy) is 1. The second-order valence-electron chi connectivity index (χ2n) is 3.75. The molecule has 0 atom stereocenters. The predicted molar refractivity (Wildman–Crippen MR) is 64.7 cm³/mol. The van der Waals surface area contributed by atoms with Gasteiger partial charge in [0.25, 0.3) is 5.19 Å². The van der Waals surface area contributed by atoms with Crippen molar-refractivity contribution in [3.05, 3.63) is 11.1 Å². The summed E-state index contributed by atoms with van der Waals surface area (Å²) in [4.78, 5) is 4.39. The molecule has 1 N–H and O–H groups in total. The van der Waals surface area contributed by atoms with Crippen LogP contribution in [-0.2, 0) is 6.42 Å². The van der Waals surface area contributed by atoms with Crippen molar-refractivity contribution in [2.75, 3.05) is 13.2 Å². The van der Waals surface area contributed by atoms with Crippen LogP contribution in [0.15, 0.2) is 5.38 Å². The van der Waals surface area contributed by atoms with Gasteiger partial charge in [0.1, 0.15) is 0 Å². The molecule has 1 aromatic rings. The second-order valence-corrected chi connectivity index (χ2v) is 4.57. The van der Waals surface area contributed by atoms with Crippen molar-refractivity contribution in [3.8, 4) is 5.19 Å². The minimum absolute atomic E-state index is 0.569. The molecule has 0 spiro atoms. The van der Waals surface area contributed by atoms with Crippen LogP contribution in [0.3, 0.4) is 0 Å². The van der Waals surface area contributed by atoms with E-state index in [2.05, 4.69) is 29.5 Å². The molecule has 0 saturated carbocycles. The molecule has 0 bridgehead atoms. The van der Waals surface area contributed by atoms with Gasteiger partial charge in [-0.25, -0.2) is 4.98 Å². The molecule has 0 aromatic carbocycles. The molecular weight excluding hydrogens is 208 g/mol. The lowest BCUT2D eigenvalue weighted by atomic mass is 10.2. The minimum Gasteiger partial charge on any atom is -0.470 e. The van der Waals surface area contributed by atoms with Crippen molar-refractivity contribution in [1.82, 2.24) is 10.3 Å². The third-order valence-corrected chi connectivity index (χ3v) is 2.76. The first-order valence-corrected chi connectivity index (χ1v) is 6.41. The van der Waals surface area contributed by atoms with E-state index in [0.717, 1.165) is 30.3 Å². The van der Waals surface area contributed by atoms with Crippen LogP contribution in [0, 0.1) is 0 Å². The number of hydrogen-bond acceptors (Lipinski definition) is 4. The third kappa shape index (κ3) is 5.14. The van der Waals surface area contributed by atoms with Crippen molar-refractivity contribution in [1.29, 1.82) is 0 Å². The second kappa shape index (κ2) is 6.80. The monoisotopic (exact) mass is 228 g/mol. The summed E-state index contributed by atoms with van der Waals surface area (Å²) in [6, 6.07) is 0.569. The Kier molecular flexibility index (Phi) is 5.65. The van der Waals surface area contributed by atoms with Crippen LogP contribution in [0.1, 0.15) is 32.9 Å². The topological polar surface area (TPSA) is 34.1 Å². The van der Waals surface area contributed by atoms with E-state index in [1.54, 1.807) is 11.3 Å². The molecular formula is C11H20N2OS. The van der Waals surface area contributed by atoms with Crippen molar-refractivity contribution in [2.24, 2.45) is 0 Å². The molecule has 86 valence electrons. The molecule has 3 nitrogen and oxygen atoms in total. The lowest BCUT2D eigenvalue weighted by Gasteiger charge is -2.06. The Morgan fingerprint density at radius 2 is 2.33 bits per heavy atom. The van der Waals surface area contributed by atoms with Crippen LogP contribution >= 0.6 is 11.3 Å². The Bertz CT molecular complexity index is 273. The van der Waals surface area contributed by atoms with Gasteiger partial charge in [-0.3, -0.25) is 0 Å². The van der Waals surface area contributed by atoms with Crippen molar-refractivity contribution in [2.45, 2.75) is 39.7 Å². The molecule has 0 saturated heterocycles. The first-order chi connectivity index (χ1) is 7.22. The zero-order valence-electron chi connectivity index (χ0n) is 9.75. The average Bonchev–Trinajstić information content (AvgIpc) is 2.61. The van der Waals surface area contributed by atoms with Gasteiger partial charge in [0.2, 0.25) is 0 Å². The SMILES string of the molecule is CCOc1nc(CCCNC(C)C)cs1. The summed E-state index contributed by atoms with van der Waals surface area (Å²) in [7, 11) is 0. The maximum Gasteiger partial charge on any atom is 0.273 e. The van der Waals surface area contributed by atoms with Crippen LogP contribution in [0.25, 0.3) is 0 Å². The number of hydrogen-bond donors (Lipinski definition) is 1. The molecule has 1 aromatic heterocycles. The van der Waals surface area contributed by atoms with E-state index in [1.165, 1.54) is 0 Å². The standard InChI is InChI=1S/C11H20N2OS/c1-4-14-11-13-10(8-15-11)6-5-7-12-9(2)3/h8-9,12H,4-7H2,1-3H3. The van der Waals surface area contributed by atoms with Crippen LogP contribution in [-0.4, -0.2) is 24.2 Å². The third-order valence-electron chi connectivity index (χ3n) is 1.96. The largest absolute Gasteiger partial charge is 0.470 e. The van der Waals surface area contributed by atoms with Gasteiger partial charge in [-0.15, -0.1) is 0 Å². The average molecular weight is 228 g/mol. The van der Waals surface area contributed by atoms with E-state index in [-0.39, 0.29) is 0 Å². The molecule has 0 radical (unpaired) electrons. The molecule has 0 amide bonds. The zero-order valence-corrected chi connectivity index (χ0v) is 10.6. The van der Waals surface area contributed by atoms with E-state index in [9.17, 15) is 0 Å². The summed E-state index contributed by atoms with van der Waals surface area (Å²) in [6.45, 7) is 8.06. The van der Waals surface area contributed by atoms with E-state index in [0.29, 0.717) is 12.6 Å². The van der Waals surface area contributed by atoms with E-state index >= 15 is 0 Å². The highest BCUT2D eigenvalue weighted by molar-refractivity contribution is 7.11. The number of rotatable bonds is 7. The summed E-state index contributed by atoms with van der Waals surface area (Å²) in [5.41, 5.74) is 1.15. The number of thiazole rings is 1. The summed E-state index contributed by atoms with van der Waals surface area (Å²) in [5, 5.41) is 6.27. The van der Waals surface area contributed by atoms with Gasteiger partial charge in [0.15, 0.2) is 0 Å². The Morgan fingerprint density at radius 1 is 1.53 bits per heavy atom. The lowest BCUT2D eigenvalue weighted by Crippen LogP contribution is -2.23. The molecule has 1 rings (SSSR count). The lowest BCUT2D eigenvalue weighted by molar-refractivity contribution is 0.337. The quantitative estimate of drug-likeness (QED) is 0.728. The molecule has 4 heteroatoms. The highest BCUT2D eigenvalue weighted by Gasteiger charge is 2.01. The predicted octanol–water partition coefficient (Wildman–Crippen LogP) is 2.47. The Balaban J connectivity index is 2.19. The fourth-order valence-corrected chi connectivity index (χ4v) is 2.02. The summed E-state index contributed by atoms with van der Waals surface area (Å²) >= 11 is 1.58. The molecule has 1 heterocycles. The Labute approximate surface area is 95.9 Å². The van der Waals surface area contributed by atoms with Gasteiger partial charge in [0, 0.05) is 11.4 Å². The number of aromatic nitrogens is 1. The van der Waals surface area contributed by atoms with E-state index in [4.69, 9.17) is 4.74 Å². The summed E-state index contributed by atoms with van der Waals surface area (Å²) < 4.78 is 5.32. The first kappa shape index (κ1) is 12.5. The molecule has 0 aliphatic carbocycles. The normalized spacial score (nSPS) is 10.9. The molecule has 0 aliphatic rings. The number of nitrogens with zero attached hydrogens (tertiary/aromatic N) is 1. The van der Waals surface area contributed by atoms with Crippen molar-refractivity contribution >= 4 is 11.3 Å². The minimum atomic E-state index is 0.569. The van der Waals surface area contributed by atoms with Crippen LogP contribution < -0.4 is 10.1 Å². The molecule has 0 unspecified atom stereocenters. The zero-order chi connectivity index (χ0) is 11.1. The van der Waals surface area contributed by atoms with Crippen molar-refractivity contribution < 1.29 is 4.74 Å². The Hall–Kier alpha value is -0.610. The molecule has 0 aliphatic heterocycles. The van der Waals surface area contributed by atoms with Gasteiger partial charge in [-0.2, -0.15) is 0 Å². The fraction of sp³-hybridized carbons (Fsp3) is 0.727. The smallest absolute Gasteiger partial charge is 0.273 e. The first-order valence-electron chi connectivity index (χ1n) is 5.53. The van der Waals surface area contributed by atoms with Gasteiger partial charge in [-0.05, 0) is 26.3 Å². The number of nitrogens with one attached hydrogen (secondary N) is 1. The van der Waals surface area contributed by atoms with Gasteiger partial charge >= 0.3 is 0 Å². The van der Waals surface area contributed by atoms with Crippen LogP contribution in [0.5, 0.6) is 5.19 Å². The van der Waals surface area contributed by atoms with Crippen LogP contribution in [0.4, 0.5) is 0 Å². The highest BCUT2D eigenvalue weighted by Crippen LogP contribution is 2.18. The summed E-state index contributed by atoms with van der Waals surface area (Å²) in [6.07, 6.45) is 2.16. The molecule has 15 heavy (non-hydrogen) atoms. The maximum atomic E-state index is 5.32. The van der Waals surface area contributed by atoms with Crippen LogP contribution in [0.2, 0.25) is 0 Å². The Morgan fingerprint density at radius 3 is 3.00 bits per heavy atom. The van der Waals surface area contributed by atoms with Gasteiger partial charge < -0.3 is 10.1 Å². The summed E-state index contributed by atoms with van der Waals surface area (Å²) in [5.74, 6) is 0. The van der Waals surface area contributed by atoms with Gasteiger partial charge in [-0.1, -0.05) is 25.2 Å². The number of aryl methyl sites for hydroxylation is 1. The van der Waals surface area contributed by atoms with Crippen molar-refractivity contribution in [3.63, 3.8) is 0 Å². The van der Waals surface area contributed by atoms with E-state index < -0.39 is 0 Å². The fourth-order valence-electron chi connectivity index (χ4n) is 1.25. The van der Waals surface area contributed by atoms with E-state index in [1.807, 2.05) is 6.92 Å². The highest BCUT2D eigenvalue weighted by atomic mass is 32.1. The molecule has 0 fully saturated rings. The van der Waals surface area contributed by atoms with Gasteiger partial charge in [0.05, 0.1) is 12.3 Å².